The Kier molecular flexibility index (Phi) is 2.40. The van der Waals surface area contributed by atoms with Gasteiger partial charge in [0.15, 0.2) is 0 Å². The van der Waals surface area contributed by atoms with Crippen LogP contribution in [0.4, 0.5) is 0 Å². The van der Waals surface area contributed by atoms with Crippen molar-refractivity contribution in [2.24, 2.45) is 0 Å². The molecule has 2 heterocycles. The van der Waals surface area contributed by atoms with Gasteiger partial charge in [0.25, 0.3) is 0 Å². The molecule has 0 aromatic carbocycles. The molecule has 0 bridgehead atoms. The van der Waals surface area contributed by atoms with Gasteiger partial charge >= 0.3 is 6.01 Å². The normalized spacial score (nSPS) is 21.8. The minimum atomic E-state index is 0.432. The summed E-state index contributed by atoms with van der Waals surface area (Å²) < 4.78 is 4.89. The maximum atomic E-state index is 4.89. The first-order valence-corrected chi connectivity index (χ1v) is 4.49. The van der Waals surface area contributed by atoms with Crippen molar-refractivity contribution in [3.63, 3.8) is 0 Å². The van der Waals surface area contributed by atoms with E-state index >= 15 is 0 Å². The molecular weight excluding hydrogens is 166 g/mol. The van der Waals surface area contributed by atoms with Gasteiger partial charge in [0, 0.05) is 24.0 Å². The van der Waals surface area contributed by atoms with Crippen molar-refractivity contribution in [3.05, 3.63) is 18.0 Å². The third-order valence-corrected chi connectivity index (χ3v) is 2.29. The standard InChI is InChI=1S/C9H13N3O/c1-13-9-11-5-7(6-12-9)8-3-2-4-10-8/h5-6,8,10H,2-4H2,1H3. The summed E-state index contributed by atoms with van der Waals surface area (Å²) in [7, 11) is 1.57. The molecule has 1 aliphatic rings. The zero-order valence-corrected chi connectivity index (χ0v) is 7.66. The van der Waals surface area contributed by atoms with Crippen molar-refractivity contribution in [3.8, 4) is 6.01 Å². The van der Waals surface area contributed by atoms with Crippen molar-refractivity contribution < 1.29 is 4.74 Å². The molecule has 1 aromatic rings. The minimum absolute atomic E-state index is 0.432. The van der Waals surface area contributed by atoms with Gasteiger partial charge in [-0.1, -0.05) is 0 Å². The molecule has 1 atom stereocenters. The molecule has 1 unspecified atom stereocenters. The minimum Gasteiger partial charge on any atom is -0.467 e. The monoisotopic (exact) mass is 179 g/mol. The van der Waals surface area contributed by atoms with Crippen molar-refractivity contribution >= 4 is 0 Å². The summed E-state index contributed by atoms with van der Waals surface area (Å²) in [5, 5.41) is 3.39. The van der Waals surface area contributed by atoms with Gasteiger partial charge in [-0.15, -0.1) is 0 Å². The van der Waals surface area contributed by atoms with E-state index in [-0.39, 0.29) is 0 Å². The van der Waals surface area contributed by atoms with E-state index in [2.05, 4.69) is 15.3 Å². The molecule has 0 saturated carbocycles. The second-order valence-corrected chi connectivity index (χ2v) is 3.15. The highest BCUT2D eigenvalue weighted by molar-refractivity contribution is 5.13. The Morgan fingerprint density at radius 1 is 1.46 bits per heavy atom. The van der Waals surface area contributed by atoms with Crippen LogP contribution < -0.4 is 10.1 Å². The molecule has 0 spiro atoms. The number of methoxy groups -OCH3 is 1. The molecule has 4 heteroatoms. The van der Waals surface area contributed by atoms with Crippen LogP contribution in [0.2, 0.25) is 0 Å². The van der Waals surface area contributed by atoms with Gasteiger partial charge in [0.2, 0.25) is 0 Å². The number of nitrogens with zero attached hydrogens (tertiary/aromatic N) is 2. The molecule has 2 rings (SSSR count). The number of hydrogen-bond donors (Lipinski definition) is 1. The van der Waals surface area contributed by atoms with E-state index in [1.807, 2.05) is 12.4 Å². The predicted octanol–water partition coefficient (Wildman–Crippen LogP) is 0.910. The lowest BCUT2D eigenvalue weighted by atomic mass is 10.1. The molecule has 70 valence electrons. The molecule has 4 nitrogen and oxygen atoms in total. The zero-order chi connectivity index (χ0) is 9.10. The van der Waals surface area contributed by atoms with Crippen LogP contribution in [0.5, 0.6) is 6.01 Å². The van der Waals surface area contributed by atoms with E-state index in [4.69, 9.17) is 4.74 Å². The SMILES string of the molecule is COc1ncc(C2CCCN2)cn1. The fourth-order valence-electron chi connectivity index (χ4n) is 1.58. The Bertz CT molecular complexity index is 267. The summed E-state index contributed by atoms with van der Waals surface area (Å²) >= 11 is 0. The summed E-state index contributed by atoms with van der Waals surface area (Å²) in [6, 6.07) is 0.868. The van der Waals surface area contributed by atoms with Gasteiger partial charge < -0.3 is 10.1 Å². The number of aromatic nitrogens is 2. The predicted molar refractivity (Wildman–Crippen MR) is 48.6 cm³/mol. The van der Waals surface area contributed by atoms with E-state index in [1.54, 1.807) is 7.11 Å². The Hall–Kier alpha value is -1.16. The fraction of sp³-hybridized carbons (Fsp3) is 0.556. The number of nitrogens with one attached hydrogen (secondary N) is 1. The number of rotatable bonds is 2. The van der Waals surface area contributed by atoms with E-state index in [0.717, 1.165) is 12.1 Å². The third kappa shape index (κ3) is 1.78. The zero-order valence-electron chi connectivity index (χ0n) is 7.66. The van der Waals surface area contributed by atoms with Crippen LogP contribution in [0, 0.1) is 0 Å². The van der Waals surface area contributed by atoms with Crippen LogP contribution in [0.15, 0.2) is 12.4 Å². The summed E-state index contributed by atoms with van der Waals surface area (Å²) in [5.41, 5.74) is 1.15. The smallest absolute Gasteiger partial charge is 0.316 e. The topological polar surface area (TPSA) is 47.0 Å². The van der Waals surface area contributed by atoms with E-state index in [1.165, 1.54) is 12.8 Å². The Morgan fingerprint density at radius 2 is 2.23 bits per heavy atom. The average Bonchev–Trinajstić information content (AvgIpc) is 2.71. The van der Waals surface area contributed by atoms with Gasteiger partial charge in [0.1, 0.15) is 0 Å². The molecular formula is C9H13N3O. The lowest BCUT2D eigenvalue weighted by Gasteiger charge is -2.08. The fourth-order valence-corrected chi connectivity index (χ4v) is 1.58. The first kappa shape index (κ1) is 8.44. The number of hydrogen-bond acceptors (Lipinski definition) is 4. The van der Waals surface area contributed by atoms with Crippen LogP contribution in [-0.4, -0.2) is 23.6 Å². The highest BCUT2D eigenvalue weighted by Crippen LogP contribution is 2.21. The highest BCUT2D eigenvalue weighted by atomic mass is 16.5. The average molecular weight is 179 g/mol. The summed E-state index contributed by atoms with van der Waals surface area (Å²) in [6.45, 7) is 1.09. The second kappa shape index (κ2) is 3.70. The third-order valence-electron chi connectivity index (χ3n) is 2.29. The lowest BCUT2D eigenvalue weighted by Crippen LogP contribution is -2.13. The van der Waals surface area contributed by atoms with Gasteiger partial charge in [-0.25, -0.2) is 9.97 Å². The molecule has 1 aliphatic heterocycles. The van der Waals surface area contributed by atoms with Gasteiger partial charge in [-0.2, -0.15) is 0 Å². The first-order chi connectivity index (χ1) is 6.40. The van der Waals surface area contributed by atoms with Gasteiger partial charge in [-0.3, -0.25) is 0 Å². The molecule has 13 heavy (non-hydrogen) atoms. The maximum absolute atomic E-state index is 4.89. The van der Waals surface area contributed by atoms with Crippen molar-refractivity contribution in [1.29, 1.82) is 0 Å². The largest absolute Gasteiger partial charge is 0.467 e. The van der Waals surface area contributed by atoms with E-state index in [9.17, 15) is 0 Å². The molecule has 0 aliphatic carbocycles. The van der Waals surface area contributed by atoms with Crippen molar-refractivity contribution in [2.45, 2.75) is 18.9 Å². The van der Waals surface area contributed by atoms with Crippen LogP contribution in [0.1, 0.15) is 24.4 Å². The molecule has 1 aromatic heterocycles. The van der Waals surface area contributed by atoms with Gasteiger partial charge in [-0.05, 0) is 19.4 Å². The summed E-state index contributed by atoms with van der Waals surface area (Å²) in [5.74, 6) is 0. The maximum Gasteiger partial charge on any atom is 0.316 e. The molecule has 1 saturated heterocycles. The van der Waals surface area contributed by atoms with Crippen LogP contribution >= 0.6 is 0 Å². The van der Waals surface area contributed by atoms with Crippen LogP contribution in [0.3, 0.4) is 0 Å². The van der Waals surface area contributed by atoms with Crippen molar-refractivity contribution in [2.75, 3.05) is 13.7 Å². The Balaban J connectivity index is 2.12. The number of ether oxygens (including phenoxy) is 1. The molecule has 0 radical (unpaired) electrons. The first-order valence-electron chi connectivity index (χ1n) is 4.49. The van der Waals surface area contributed by atoms with Crippen molar-refractivity contribution in [1.82, 2.24) is 15.3 Å². The lowest BCUT2D eigenvalue weighted by molar-refractivity contribution is 0.378. The van der Waals surface area contributed by atoms with Gasteiger partial charge in [0.05, 0.1) is 7.11 Å². The second-order valence-electron chi connectivity index (χ2n) is 3.15. The Labute approximate surface area is 77.4 Å². The highest BCUT2D eigenvalue weighted by Gasteiger charge is 2.16. The molecule has 1 fully saturated rings. The summed E-state index contributed by atoms with van der Waals surface area (Å²) in [6.07, 6.45) is 6.07. The summed E-state index contributed by atoms with van der Waals surface area (Å²) in [4.78, 5) is 8.14. The molecule has 0 amide bonds. The van der Waals surface area contributed by atoms with E-state index in [0.29, 0.717) is 12.1 Å². The van der Waals surface area contributed by atoms with Crippen LogP contribution in [0.25, 0.3) is 0 Å². The van der Waals surface area contributed by atoms with Crippen LogP contribution in [-0.2, 0) is 0 Å². The quantitative estimate of drug-likeness (QED) is 0.733. The molecule has 1 N–H and O–H groups in total. The Morgan fingerprint density at radius 3 is 2.77 bits per heavy atom. The van der Waals surface area contributed by atoms with E-state index < -0.39 is 0 Å².